The van der Waals surface area contributed by atoms with E-state index in [1.165, 1.54) is 0 Å². The lowest BCUT2D eigenvalue weighted by Crippen LogP contribution is -2.03. The van der Waals surface area contributed by atoms with Crippen molar-refractivity contribution in [2.24, 2.45) is 0 Å². The van der Waals surface area contributed by atoms with Gasteiger partial charge in [-0.15, -0.1) is 0 Å². The van der Waals surface area contributed by atoms with Crippen molar-refractivity contribution in [1.29, 1.82) is 0 Å². The Hall–Kier alpha value is -1.18. The third kappa shape index (κ3) is 23.0. The van der Waals surface area contributed by atoms with E-state index < -0.39 is 11.9 Å². The number of carbonyl (C=O) groups is 2. The van der Waals surface area contributed by atoms with Gasteiger partial charge >= 0.3 is 11.9 Å². The summed E-state index contributed by atoms with van der Waals surface area (Å²) in [6.45, 7) is 0.696. The molecule has 0 aromatic carbocycles. The maximum atomic E-state index is 9.79. The van der Waals surface area contributed by atoms with Gasteiger partial charge in [-0.05, 0) is 6.42 Å². The van der Waals surface area contributed by atoms with E-state index in [1.54, 1.807) is 0 Å². The number of aliphatic hydroxyl groups is 2. The Balaban J connectivity index is 0. The molecule has 0 heterocycles. The second-order valence-corrected chi connectivity index (χ2v) is 2.70. The highest BCUT2D eigenvalue weighted by Gasteiger charge is 1.99. The van der Waals surface area contributed by atoms with Gasteiger partial charge < -0.3 is 25.2 Å². The van der Waals surface area contributed by atoms with E-state index >= 15 is 0 Å². The van der Waals surface area contributed by atoms with Crippen molar-refractivity contribution >= 4 is 11.9 Å². The van der Waals surface area contributed by atoms with Crippen LogP contribution in [-0.2, 0) is 14.3 Å². The molecule has 0 radical (unpaired) electrons. The van der Waals surface area contributed by atoms with Crippen LogP contribution in [0.25, 0.3) is 0 Å². The van der Waals surface area contributed by atoms with Crippen LogP contribution < -0.4 is 0 Å². The van der Waals surface area contributed by atoms with Crippen molar-refractivity contribution in [2.75, 3.05) is 26.4 Å². The van der Waals surface area contributed by atoms with E-state index in [1.807, 2.05) is 0 Å². The van der Waals surface area contributed by atoms with Gasteiger partial charge in [-0.2, -0.15) is 0 Å². The van der Waals surface area contributed by atoms with Crippen LogP contribution in [0.15, 0.2) is 0 Å². The third-order valence-electron chi connectivity index (χ3n) is 1.25. The first-order valence-corrected chi connectivity index (χ1v) is 4.77. The summed E-state index contributed by atoms with van der Waals surface area (Å²) in [6.07, 6.45) is 0.0866. The maximum Gasteiger partial charge on any atom is 0.303 e. The minimum atomic E-state index is -0.948. The van der Waals surface area contributed by atoms with Crippen molar-refractivity contribution in [3.8, 4) is 0 Å². The van der Waals surface area contributed by atoms with Crippen LogP contribution in [0.4, 0.5) is 0 Å². The lowest BCUT2D eigenvalue weighted by Gasteiger charge is -1.94. The van der Waals surface area contributed by atoms with Gasteiger partial charge in [-0.3, -0.25) is 9.59 Å². The van der Waals surface area contributed by atoms with Crippen molar-refractivity contribution < 1.29 is 34.8 Å². The number of aliphatic hydroxyl groups excluding tert-OH is 2. The fourth-order valence-electron chi connectivity index (χ4n) is 0.622. The van der Waals surface area contributed by atoms with E-state index in [-0.39, 0.29) is 32.5 Å². The van der Waals surface area contributed by atoms with E-state index in [4.69, 9.17) is 20.4 Å². The highest BCUT2D eigenvalue weighted by molar-refractivity contribution is 5.69. The predicted molar refractivity (Wildman–Crippen MR) is 54.1 cm³/mol. The van der Waals surface area contributed by atoms with Crippen LogP contribution in [0.2, 0.25) is 0 Å². The molecule has 7 nitrogen and oxygen atoms in total. The van der Waals surface area contributed by atoms with E-state index in [2.05, 4.69) is 4.74 Å². The number of hydrogen-bond acceptors (Lipinski definition) is 5. The summed E-state index contributed by atoms with van der Waals surface area (Å²) in [7, 11) is 0. The second kappa shape index (κ2) is 13.8. The van der Waals surface area contributed by atoms with E-state index in [0.29, 0.717) is 13.2 Å². The van der Waals surface area contributed by atoms with Crippen molar-refractivity contribution in [3.63, 3.8) is 0 Å². The number of carboxylic acids is 2. The summed E-state index contributed by atoms with van der Waals surface area (Å²) < 4.78 is 4.63. The van der Waals surface area contributed by atoms with Gasteiger partial charge in [0, 0.05) is 12.8 Å². The molecule has 0 aliphatic carbocycles. The molecule has 7 heteroatoms. The summed E-state index contributed by atoms with van der Waals surface area (Å²) >= 11 is 0. The molecule has 0 aliphatic heterocycles. The molecular formula is C9H18O7. The average molecular weight is 238 g/mol. The molecule has 0 fully saturated rings. The zero-order chi connectivity index (χ0) is 12.8. The van der Waals surface area contributed by atoms with Gasteiger partial charge in [-0.1, -0.05) is 0 Å². The standard InChI is InChI=1S/C5H8O4.C4H10O3/c6-4(7)2-1-3-5(8)9;5-1-3-7-4-2-6/h1-3H2,(H,6,7)(H,8,9);5-6H,1-4H2. The normalized spacial score (nSPS) is 9.12. The van der Waals surface area contributed by atoms with Crippen LogP contribution in [0.3, 0.4) is 0 Å². The van der Waals surface area contributed by atoms with Gasteiger partial charge in [0.05, 0.1) is 26.4 Å². The van der Waals surface area contributed by atoms with Crippen LogP contribution >= 0.6 is 0 Å². The Morgan fingerprint density at radius 1 is 0.875 bits per heavy atom. The van der Waals surface area contributed by atoms with Gasteiger partial charge in [-0.25, -0.2) is 0 Å². The SMILES string of the molecule is O=C(O)CCCC(=O)O.OCCOCCO. The van der Waals surface area contributed by atoms with Crippen molar-refractivity contribution in [3.05, 3.63) is 0 Å². The molecule has 0 saturated heterocycles. The Bertz CT molecular complexity index is 163. The molecule has 0 aliphatic rings. The molecule has 16 heavy (non-hydrogen) atoms. The molecular weight excluding hydrogens is 220 g/mol. The smallest absolute Gasteiger partial charge is 0.303 e. The molecule has 0 amide bonds. The Labute approximate surface area is 93.3 Å². The fourth-order valence-corrected chi connectivity index (χ4v) is 0.622. The zero-order valence-electron chi connectivity index (χ0n) is 8.96. The van der Waals surface area contributed by atoms with Crippen molar-refractivity contribution in [2.45, 2.75) is 19.3 Å². The number of ether oxygens (including phenoxy) is 1. The minimum absolute atomic E-state index is 0.0278. The van der Waals surface area contributed by atoms with Gasteiger partial charge in [0.25, 0.3) is 0 Å². The highest BCUT2D eigenvalue weighted by atomic mass is 16.5. The molecule has 0 rings (SSSR count). The average Bonchev–Trinajstić information content (AvgIpc) is 2.18. The largest absolute Gasteiger partial charge is 0.481 e. The fraction of sp³-hybridized carbons (Fsp3) is 0.778. The van der Waals surface area contributed by atoms with Crippen LogP contribution in [0.5, 0.6) is 0 Å². The number of rotatable bonds is 8. The van der Waals surface area contributed by atoms with E-state index in [0.717, 1.165) is 0 Å². The highest BCUT2D eigenvalue weighted by Crippen LogP contribution is 1.93. The summed E-state index contributed by atoms with van der Waals surface area (Å²) in [6, 6.07) is 0. The molecule has 96 valence electrons. The molecule has 0 bridgehead atoms. The lowest BCUT2D eigenvalue weighted by atomic mass is 10.2. The van der Waals surface area contributed by atoms with Crippen LogP contribution in [-0.4, -0.2) is 58.8 Å². The Morgan fingerprint density at radius 2 is 1.25 bits per heavy atom. The minimum Gasteiger partial charge on any atom is -0.481 e. The number of hydrogen-bond donors (Lipinski definition) is 4. The molecule has 0 aromatic rings. The summed E-state index contributed by atoms with van der Waals surface area (Å²) in [5.41, 5.74) is 0. The van der Waals surface area contributed by atoms with Crippen LogP contribution in [0.1, 0.15) is 19.3 Å². The zero-order valence-corrected chi connectivity index (χ0v) is 8.96. The topological polar surface area (TPSA) is 124 Å². The molecule has 0 saturated carbocycles. The lowest BCUT2D eigenvalue weighted by molar-refractivity contribution is -0.138. The van der Waals surface area contributed by atoms with Crippen LogP contribution in [0, 0.1) is 0 Å². The molecule has 0 unspecified atom stereocenters. The maximum absolute atomic E-state index is 9.79. The van der Waals surface area contributed by atoms with E-state index in [9.17, 15) is 9.59 Å². The monoisotopic (exact) mass is 238 g/mol. The molecule has 0 spiro atoms. The first-order chi connectivity index (χ1) is 7.54. The predicted octanol–water partition coefficient (Wildman–Crippen LogP) is -0.686. The third-order valence-corrected chi connectivity index (χ3v) is 1.25. The number of carboxylic acid groups (broad SMARTS) is 2. The van der Waals surface area contributed by atoms with Gasteiger partial charge in [0.15, 0.2) is 0 Å². The van der Waals surface area contributed by atoms with Crippen molar-refractivity contribution in [1.82, 2.24) is 0 Å². The summed E-state index contributed by atoms with van der Waals surface area (Å²) in [4.78, 5) is 19.6. The number of aliphatic carboxylic acids is 2. The Kier molecular flexibility index (Phi) is 14.9. The molecule has 4 N–H and O–H groups in total. The molecule has 0 atom stereocenters. The molecule has 0 aromatic heterocycles. The van der Waals surface area contributed by atoms with Gasteiger partial charge in [0.1, 0.15) is 0 Å². The summed E-state index contributed by atoms with van der Waals surface area (Å²) in [5, 5.41) is 32.2. The second-order valence-electron chi connectivity index (χ2n) is 2.70. The first kappa shape index (κ1) is 17.2. The quantitative estimate of drug-likeness (QED) is 0.412. The Morgan fingerprint density at radius 3 is 1.50 bits per heavy atom. The van der Waals surface area contributed by atoms with Gasteiger partial charge in [0.2, 0.25) is 0 Å². The summed E-state index contributed by atoms with van der Waals surface area (Å²) in [5.74, 6) is -1.90. The first-order valence-electron chi connectivity index (χ1n) is 4.77.